The highest BCUT2D eigenvalue weighted by molar-refractivity contribution is 14.1. The first kappa shape index (κ1) is 24.4. The molecule has 2 rings (SSSR count). The van der Waals surface area contributed by atoms with Gasteiger partial charge in [0.15, 0.2) is 0 Å². The first-order chi connectivity index (χ1) is 13.2. The molecule has 0 unspecified atom stereocenters. The summed E-state index contributed by atoms with van der Waals surface area (Å²) in [6, 6.07) is 6.13. The van der Waals surface area contributed by atoms with Crippen molar-refractivity contribution in [2.24, 2.45) is 11.8 Å². The molecular weight excluding hydrogens is 549 g/mol. The minimum absolute atomic E-state index is 0.0311. The van der Waals surface area contributed by atoms with Crippen molar-refractivity contribution in [3.05, 3.63) is 31.8 Å². The van der Waals surface area contributed by atoms with Gasteiger partial charge in [-0.25, -0.2) is 4.79 Å². The maximum absolute atomic E-state index is 13.1. The summed E-state index contributed by atoms with van der Waals surface area (Å²) >= 11 is 5.89. The molecule has 0 saturated carbocycles. The maximum Gasteiger partial charge on any atom is 0.410 e. The Labute approximate surface area is 196 Å². The number of carbonyl (C=O) groups excluding carboxylic acids is 2. The molecule has 1 heterocycles. The molecule has 1 amide bonds. The zero-order valence-corrected chi connectivity index (χ0v) is 21.8. The predicted molar refractivity (Wildman–Crippen MR) is 126 cm³/mol. The maximum atomic E-state index is 13.1. The van der Waals surface area contributed by atoms with Crippen molar-refractivity contribution in [2.75, 3.05) is 13.1 Å². The van der Waals surface area contributed by atoms with Gasteiger partial charge in [-0.2, -0.15) is 0 Å². The topological polar surface area (TPSA) is 55.8 Å². The third-order valence-electron chi connectivity index (χ3n) is 4.61. The number of hydrogen-bond acceptors (Lipinski definition) is 4. The largest absolute Gasteiger partial charge is 0.460 e. The molecular formula is C22H31BrINO4. The Morgan fingerprint density at radius 3 is 2.34 bits per heavy atom. The number of nitrogens with zero attached hydrogens (tertiary/aromatic N) is 1. The van der Waals surface area contributed by atoms with Gasteiger partial charge >= 0.3 is 12.1 Å². The molecule has 162 valence electrons. The van der Waals surface area contributed by atoms with E-state index in [1.54, 1.807) is 4.90 Å². The molecule has 29 heavy (non-hydrogen) atoms. The SMILES string of the molecule is CC(C)(C)OC(=O)[C@@H](Cc1ccc(I)cc1Br)[C@H]1CCN(C(=O)OC(C)(C)C)C1. The van der Waals surface area contributed by atoms with Crippen LogP contribution in [-0.2, 0) is 20.7 Å². The van der Waals surface area contributed by atoms with Crippen molar-refractivity contribution in [3.63, 3.8) is 0 Å². The molecule has 1 fully saturated rings. The second kappa shape index (κ2) is 9.54. The van der Waals surface area contributed by atoms with Gasteiger partial charge in [-0.15, -0.1) is 0 Å². The van der Waals surface area contributed by atoms with E-state index < -0.39 is 11.2 Å². The number of likely N-dealkylation sites (tertiary alicyclic amines) is 1. The van der Waals surface area contributed by atoms with Crippen molar-refractivity contribution < 1.29 is 19.1 Å². The van der Waals surface area contributed by atoms with Crippen LogP contribution in [0.2, 0.25) is 0 Å². The lowest BCUT2D eigenvalue weighted by molar-refractivity contribution is -0.161. The number of halogens is 2. The number of hydrogen-bond donors (Lipinski definition) is 0. The Morgan fingerprint density at radius 2 is 1.79 bits per heavy atom. The van der Waals surface area contributed by atoms with Crippen LogP contribution in [0.5, 0.6) is 0 Å². The standard InChI is InChI=1S/C22H31BrINO4/c1-21(2,3)28-19(26)17(11-14-7-8-16(24)12-18(14)23)15-9-10-25(13-15)20(27)29-22(4,5)6/h7-8,12,15,17H,9-11,13H2,1-6H3/t15-,17-/m0/s1. The second-order valence-corrected chi connectivity index (χ2v) is 11.7. The highest BCUT2D eigenvalue weighted by Gasteiger charge is 2.39. The van der Waals surface area contributed by atoms with E-state index in [-0.39, 0.29) is 23.9 Å². The summed E-state index contributed by atoms with van der Waals surface area (Å²) in [6.45, 7) is 12.3. The van der Waals surface area contributed by atoms with Crippen molar-refractivity contribution in [1.29, 1.82) is 0 Å². The summed E-state index contributed by atoms with van der Waals surface area (Å²) in [7, 11) is 0. The van der Waals surface area contributed by atoms with E-state index in [0.29, 0.717) is 19.5 Å². The lowest BCUT2D eigenvalue weighted by atomic mass is 9.86. The van der Waals surface area contributed by atoms with E-state index in [1.165, 1.54) is 0 Å². The van der Waals surface area contributed by atoms with Crippen LogP contribution in [0.4, 0.5) is 4.79 Å². The van der Waals surface area contributed by atoms with E-state index in [2.05, 4.69) is 38.5 Å². The molecule has 0 spiro atoms. The van der Waals surface area contributed by atoms with Crippen molar-refractivity contribution in [3.8, 4) is 0 Å². The van der Waals surface area contributed by atoms with E-state index in [9.17, 15) is 9.59 Å². The van der Waals surface area contributed by atoms with Crippen LogP contribution in [0.25, 0.3) is 0 Å². The van der Waals surface area contributed by atoms with E-state index in [1.807, 2.05) is 59.7 Å². The number of amides is 1. The number of benzene rings is 1. The number of carbonyl (C=O) groups is 2. The quantitative estimate of drug-likeness (QED) is 0.334. The molecule has 1 saturated heterocycles. The number of esters is 1. The Kier molecular flexibility index (Phi) is 8.04. The third kappa shape index (κ3) is 7.74. The summed E-state index contributed by atoms with van der Waals surface area (Å²) in [6.07, 6.45) is 1.00. The van der Waals surface area contributed by atoms with Crippen LogP contribution in [-0.4, -0.2) is 41.3 Å². The van der Waals surface area contributed by atoms with Crippen LogP contribution in [0, 0.1) is 15.4 Å². The lowest BCUT2D eigenvalue weighted by Crippen LogP contribution is -2.38. The van der Waals surface area contributed by atoms with Crippen LogP contribution in [0.3, 0.4) is 0 Å². The van der Waals surface area contributed by atoms with Gasteiger partial charge in [-0.3, -0.25) is 4.79 Å². The fourth-order valence-electron chi connectivity index (χ4n) is 3.35. The summed E-state index contributed by atoms with van der Waals surface area (Å²) in [5.74, 6) is -0.499. The molecule has 1 aliphatic heterocycles. The lowest BCUT2D eigenvalue weighted by Gasteiger charge is -2.28. The molecule has 5 nitrogen and oxygen atoms in total. The third-order valence-corrected chi connectivity index (χ3v) is 6.02. The van der Waals surface area contributed by atoms with Crippen LogP contribution < -0.4 is 0 Å². The van der Waals surface area contributed by atoms with Gasteiger partial charge in [0, 0.05) is 21.1 Å². The molecule has 1 aliphatic rings. The van der Waals surface area contributed by atoms with Gasteiger partial charge in [0.1, 0.15) is 11.2 Å². The zero-order valence-electron chi connectivity index (χ0n) is 18.1. The van der Waals surface area contributed by atoms with Gasteiger partial charge in [0.2, 0.25) is 0 Å². The minimum atomic E-state index is -0.553. The highest BCUT2D eigenvalue weighted by Crippen LogP contribution is 2.32. The molecule has 1 aromatic rings. The Morgan fingerprint density at radius 1 is 1.17 bits per heavy atom. The molecule has 2 atom stereocenters. The second-order valence-electron chi connectivity index (χ2n) is 9.55. The summed E-state index contributed by atoms with van der Waals surface area (Å²) in [4.78, 5) is 27.2. The molecule has 0 aliphatic carbocycles. The molecule has 0 radical (unpaired) electrons. The molecule has 7 heteroatoms. The Bertz CT molecular complexity index is 754. The average molecular weight is 580 g/mol. The van der Waals surface area contributed by atoms with Crippen LogP contribution in [0.15, 0.2) is 22.7 Å². The molecule has 0 N–H and O–H groups in total. The number of rotatable bonds is 4. The van der Waals surface area contributed by atoms with Gasteiger partial charge < -0.3 is 14.4 Å². The molecule has 1 aromatic carbocycles. The van der Waals surface area contributed by atoms with Crippen molar-refractivity contribution in [2.45, 2.75) is 65.6 Å². The van der Waals surface area contributed by atoms with E-state index in [4.69, 9.17) is 9.47 Å². The fourth-order valence-corrected chi connectivity index (χ4v) is 4.81. The smallest absolute Gasteiger partial charge is 0.410 e. The van der Waals surface area contributed by atoms with Crippen molar-refractivity contribution >= 4 is 50.6 Å². The fraction of sp³-hybridized carbons (Fsp3) is 0.636. The van der Waals surface area contributed by atoms with Gasteiger partial charge in [0.05, 0.1) is 5.92 Å². The zero-order chi connectivity index (χ0) is 22.0. The first-order valence-electron chi connectivity index (χ1n) is 9.90. The average Bonchev–Trinajstić information content (AvgIpc) is 3.00. The van der Waals surface area contributed by atoms with Crippen LogP contribution in [0.1, 0.15) is 53.5 Å². The van der Waals surface area contributed by atoms with E-state index >= 15 is 0 Å². The highest BCUT2D eigenvalue weighted by atomic mass is 127. The number of ether oxygens (including phenoxy) is 2. The monoisotopic (exact) mass is 579 g/mol. The first-order valence-corrected chi connectivity index (χ1v) is 11.8. The summed E-state index contributed by atoms with van der Waals surface area (Å²) in [5, 5.41) is 0. The van der Waals surface area contributed by atoms with Gasteiger partial charge in [-0.05, 0) is 101 Å². The summed E-state index contributed by atoms with van der Waals surface area (Å²) < 4.78 is 13.4. The van der Waals surface area contributed by atoms with E-state index in [0.717, 1.165) is 20.0 Å². The predicted octanol–water partition coefficient (Wildman–Crippen LogP) is 5.81. The van der Waals surface area contributed by atoms with Crippen molar-refractivity contribution in [1.82, 2.24) is 4.90 Å². The Balaban J connectivity index is 2.19. The van der Waals surface area contributed by atoms with Gasteiger partial charge in [0.25, 0.3) is 0 Å². The Hall–Kier alpha value is -0.830. The van der Waals surface area contributed by atoms with Gasteiger partial charge in [-0.1, -0.05) is 22.0 Å². The normalized spacial score (nSPS) is 18.5. The molecule has 0 aromatic heterocycles. The summed E-state index contributed by atoms with van der Waals surface area (Å²) in [5.41, 5.74) is -0.0228. The molecule has 0 bridgehead atoms. The van der Waals surface area contributed by atoms with Crippen LogP contribution >= 0.6 is 38.5 Å². The minimum Gasteiger partial charge on any atom is -0.460 e.